The Hall–Kier alpha value is -1.15. The third kappa shape index (κ3) is 2.10. The Morgan fingerprint density at radius 1 is 1.22 bits per heavy atom. The van der Waals surface area contributed by atoms with E-state index in [9.17, 15) is 4.79 Å². The van der Waals surface area contributed by atoms with Crippen molar-refractivity contribution < 1.29 is 4.79 Å². The van der Waals surface area contributed by atoms with Crippen LogP contribution in [0.1, 0.15) is 53.2 Å². The molecule has 0 saturated carbocycles. The van der Waals surface area contributed by atoms with Crippen LogP contribution in [0.5, 0.6) is 0 Å². The monoisotopic (exact) mass is 245 g/mol. The number of aryl methyl sites for hydroxylation is 3. The molecule has 1 saturated heterocycles. The topological polar surface area (TPSA) is 29.1 Å². The van der Waals surface area contributed by atoms with Gasteiger partial charge in [-0.15, -0.1) is 0 Å². The molecule has 0 aliphatic carbocycles. The van der Waals surface area contributed by atoms with Crippen LogP contribution >= 0.6 is 0 Å². The minimum Gasteiger partial charge on any atom is -0.305 e. The molecule has 98 valence electrons. The molecule has 1 unspecified atom stereocenters. The molecule has 1 atom stereocenters. The predicted molar refractivity (Wildman–Crippen MR) is 75.2 cm³/mol. The van der Waals surface area contributed by atoms with E-state index in [-0.39, 0.29) is 11.3 Å². The molecule has 0 amide bonds. The van der Waals surface area contributed by atoms with Gasteiger partial charge in [-0.05, 0) is 69.3 Å². The maximum absolute atomic E-state index is 12.8. The maximum Gasteiger partial charge on any atom is 0.183 e. The van der Waals surface area contributed by atoms with Crippen LogP contribution in [0.25, 0.3) is 0 Å². The zero-order valence-electron chi connectivity index (χ0n) is 11.9. The lowest BCUT2D eigenvalue weighted by Crippen LogP contribution is -2.47. The molecule has 2 rings (SSSR count). The van der Waals surface area contributed by atoms with Gasteiger partial charge in [-0.3, -0.25) is 4.79 Å². The first-order valence-electron chi connectivity index (χ1n) is 6.88. The van der Waals surface area contributed by atoms with Gasteiger partial charge in [0.05, 0.1) is 5.54 Å². The Labute approximate surface area is 110 Å². The number of hydrogen-bond donors (Lipinski definition) is 1. The SMILES string of the molecule is CCC1(C(=O)c2cc(C)c(C)cc2C)CCCN1. The van der Waals surface area contributed by atoms with Crippen LogP contribution in [0.4, 0.5) is 0 Å². The molecule has 1 aliphatic rings. The molecule has 2 heteroatoms. The lowest BCUT2D eigenvalue weighted by molar-refractivity contribution is 0.0863. The second-order valence-corrected chi connectivity index (χ2v) is 5.55. The van der Waals surface area contributed by atoms with E-state index in [2.05, 4.69) is 38.2 Å². The highest BCUT2D eigenvalue weighted by molar-refractivity contribution is 6.04. The molecular formula is C16H23NO. The highest BCUT2D eigenvalue weighted by Gasteiger charge is 2.39. The molecule has 1 aromatic carbocycles. The van der Waals surface area contributed by atoms with Crippen LogP contribution in [-0.2, 0) is 0 Å². The van der Waals surface area contributed by atoms with Crippen molar-refractivity contribution in [2.75, 3.05) is 6.54 Å². The molecule has 1 aromatic rings. The summed E-state index contributed by atoms with van der Waals surface area (Å²) in [6.45, 7) is 9.28. The van der Waals surface area contributed by atoms with Gasteiger partial charge in [-0.2, -0.15) is 0 Å². The van der Waals surface area contributed by atoms with Crippen LogP contribution in [-0.4, -0.2) is 17.9 Å². The van der Waals surface area contributed by atoms with E-state index in [0.717, 1.165) is 36.9 Å². The molecule has 1 aliphatic heterocycles. The summed E-state index contributed by atoms with van der Waals surface area (Å²) in [5, 5.41) is 3.43. The molecule has 1 heterocycles. The predicted octanol–water partition coefficient (Wildman–Crippen LogP) is 3.33. The lowest BCUT2D eigenvalue weighted by Gasteiger charge is -2.27. The summed E-state index contributed by atoms with van der Waals surface area (Å²) in [7, 11) is 0. The number of carbonyl (C=O) groups excluding carboxylic acids is 1. The number of Topliss-reactive ketones (excluding diaryl/α,β-unsaturated/α-hetero) is 1. The van der Waals surface area contributed by atoms with Crippen molar-refractivity contribution in [3.8, 4) is 0 Å². The van der Waals surface area contributed by atoms with Crippen molar-refractivity contribution in [2.45, 2.75) is 52.5 Å². The van der Waals surface area contributed by atoms with Crippen LogP contribution in [0.15, 0.2) is 12.1 Å². The number of nitrogens with one attached hydrogen (secondary N) is 1. The number of benzene rings is 1. The van der Waals surface area contributed by atoms with Crippen molar-refractivity contribution in [3.63, 3.8) is 0 Å². The molecule has 0 radical (unpaired) electrons. The second-order valence-electron chi connectivity index (χ2n) is 5.55. The first-order valence-corrected chi connectivity index (χ1v) is 6.88. The maximum atomic E-state index is 12.8. The summed E-state index contributed by atoms with van der Waals surface area (Å²) in [6, 6.07) is 4.19. The Bertz CT molecular complexity index is 470. The van der Waals surface area contributed by atoms with Gasteiger partial charge in [0, 0.05) is 5.56 Å². The summed E-state index contributed by atoms with van der Waals surface area (Å²) >= 11 is 0. The van der Waals surface area contributed by atoms with Crippen molar-refractivity contribution in [1.82, 2.24) is 5.32 Å². The Morgan fingerprint density at radius 3 is 2.44 bits per heavy atom. The summed E-state index contributed by atoms with van der Waals surface area (Å²) < 4.78 is 0. The zero-order chi connectivity index (χ0) is 13.3. The zero-order valence-corrected chi connectivity index (χ0v) is 11.9. The van der Waals surface area contributed by atoms with E-state index < -0.39 is 0 Å². The van der Waals surface area contributed by atoms with E-state index >= 15 is 0 Å². The third-order valence-electron chi connectivity index (χ3n) is 4.37. The first-order chi connectivity index (χ1) is 8.50. The van der Waals surface area contributed by atoms with E-state index in [1.54, 1.807) is 0 Å². The molecule has 0 aromatic heterocycles. The van der Waals surface area contributed by atoms with E-state index in [4.69, 9.17) is 0 Å². The number of carbonyl (C=O) groups is 1. The van der Waals surface area contributed by atoms with Gasteiger partial charge in [0.2, 0.25) is 0 Å². The number of hydrogen-bond acceptors (Lipinski definition) is 2. The van der Waals surface area contributed by atoms with Gasteiger partial charge in [0.15, 0.2) is 5.78 Å². The number of rotatable bonds is 3. The van der Waals surface area contributed by atoms with Gasteiger partial charge in [-0.1, -0.05) is 13.0 Å². The lowest BCUT2D eigenvalue weighted by atomic mass is 9.83. The van der Waals surface area contributed by atoms with Gasteiger partial charge in [-0.25, -0.2) is 0 Å². The van der Waals surface area contributed by atoms with Crippen LogP contribution in [0, 0.1) is 20.8 Å². The minimum absolute atomic E-state index is 0.281. The van der Waals surface area contributed by atoms with Crippen LogP contribution in [0.3, 0.4) is 0 Å². The van der Waals surface area contributed by atoms with Crippen LogP contribution < -0.4 is 5.32 Å². The fraction of sp³-hybridized carbons (Fsp3) is 0.562. The standard InChI is InChI=1S/C16H23NO/c1-5-16(7-6-8-17-16)15(18)14-10-12(3)11(2)9-13(14)4/h9-10,17H,5-8H2,1-4H3. The second kappa shape index (κ2) is 4.85. The molecule has 1 N–H and O–H groups in total. The van der Waals surface area contributed by atoms with Crippen molar-refractivity contribution >= 4 is 5.78 Å². The van der Waals surface area contributed by atoms with Crippen molar-refractivity contribution in [2.24, 2.45) is 0 Å². The average Bonchev–Trinajstić information content (AvgIpc) is 2.83. The van der Waals surface area contributed by atoms with Crippen molar-refractivity contribution in [1.29, 1.82) is 0 Å². The molecule has 1 fully saturated rings. The van der Waals surface area contributed by atoms with Crippen LogP contribution in [0.2, 0.25) is 0 Å². The van der Waals surface area contributed by atoms with E-state index in [1.807, 2.05) is 6.92 Å². The van der Waals surface area contributed by atoms with Gasteiger partial charge in [0.25, 0.3) is 0 Å². The Kier molecular flexibility index (Phi) is 3.58. The Morgan fingerprint density at radius 2 is 1.89 bits per heavy atom. The van der Waals surface area contributed by atoms with Gasteiger partial charge in [0.1, 0.15) is 0 Å². The van der Waals surface area contributed by atoms with E-state index in [1.165, 1.54) is 11.1 Å². The molecular weight excluding hydrogens is 222 g/mol. The Balaban J connectivity index is 2.42. The quantitative estimate of drug-likeness (QED) is 0.828. The summed E-state index contributed by atoms with van der Waals surface area (Å²) in [6.07, 6.45) is 2.94. The van der Waals surface area contributed by atoms with Gasteiger partial charge >= 0.3 is 0 Å². The largest absolute Gasteiger partial charge is 0.305 e. The summed E-state index contributed by atoms with van der Waals surface area (Å²) in [4.78, 5) is 12.8. The van der Waals surface area contributed by atoms with Crippen molar-refractivity contribution in [3.05, 3.63) is 34.4 Å². The minimum atomic E-state index is -0.313. The smallest absolute Gasteiger partial charge is 0.183 e. The summed E-state index contributed by atoms with van der Waals surface area (Å²) in [5.74, 6) is 0.281. The fourth-order valence-electron chi connectivity index (χ4n) is 2.93. The molecule has 18 heavy (non-hydrogen) atoms. The average molecular weight is 245 g/mol. The van der Waals surface area contributed by atoms with E-state index in [0.29, 0.717) is 0 Å². The first kappa shape index (κ1) is 13.3. The third-order valence-corrected chi connectivity index (χ3v) is 4.37. The highest BCUT2D eigenvalue weighted by Crippen LogP contribution is 2.29. The van der Waals surface area contributed by atoms with Gasteiger partial charge < -0.3 is 5.32 Å². The molecule has 0 bridgehead atoms. The number of ketones is 1. The molecule has 0 spiro atoms. The highest BCUT2D eigenvalue weighted by atomic mass is 16.1. The normalized spacial score (nSPS) is 23.3. The fourth-order valence-corrected chi connectivity index (χ4v) is 2.93. The summed E-state index contributed by atoms with van der Waals surface area (Å²) in [5.41, 5.74) is 4.15. The molecule has 2 nitrogen and oxygen atoms in total.